The number of benzene rings is 2. The van der Waals surface area contributed by atoms with Crippen LogP contribution >= 0.6 is 13.5 Å². The Kier molecular flexibility index (Phi) is 13.0. The fourth-order valence-electron chi connectivity index (χ4n) is 5.68. The molecule has 1 unspecified atom stereocenters. The van der Waals surface area contributed by atoms with E-state index >= 15 is 4.39 Å². The van der Waals surface area contributed by atoms with Crippen LogP contribution in [0.15, 0.2) is 41.3 Å². The van der Waals surface area contributed by atoms with Gasteiger partial charge < -0.3 is 14.6 Å². The molecular formula is C34H43F3N2O4S. The Morgan fingerprint density at radius 1 is 0.932 bits per heavy atom. The van der Waals surface area contributed by atoms with Gasteiger partial charge in [-0.3, -0.25) is 14.4 Å². The minimum absolute atomic E-state index is 0. The van der Waals surface area contributed by atoms with Gasteiger partial charge >= 0.3 is 5.97 Å². The van der Waals surface area contributed by atoms with Crippen molar-refractivity contribution in [2.45, 2.75) is 72.3 Å². The van der Waals surface area contributed by atoms with E-state index in [9.17, 15) is 28.3 Å². The van der Waals surface area contributed by atoms with Gasteiger partial charge in [-0.1, -0.05) is 13.8 Å². The molecule has 0 aliphatic heterocycles. The maximum absolute atomic E-state index is 15.7. The lowest BCUT2D eigenvalue weighted by Gasteiger charge is -2.25. The molecule has 0 radical (unpaired) electrons. The summed E-state index contributed by atoms with van der Waals surface area (Å²) in [6.07, 6.45) is 1.25. The quantitative estimate of drug-likeness (QED) is 0.222. The van der Waals surface area contributed by atoms with Gasteiger partial charge in [-0.05, 0) is 123 Å². The molecule has 44 heavy (non-hydrogen) atoms. The topological polar surface area (TPSA) is 79.6 Å². The van der Waals surface area contributed by atoms with Crippen LogP contribution in [-0.2, 0) is 16.0 Å². The SMILES string of the molecule is Cc1cc(-c2c(C)cc(F)cc2C)cc([C@H](CC(=O)O)CC(=O)C(CC(C)C)n2cc(CCN(C)C)cc(F)c2=O)c1F.S. The van der Waals surface area contributed by atoms with E-state index in [0.717, 1.165) is 4.57 Å². The number of carbonyl (C=O) groups excluding carboxylic acids is 1. The number of likely N-dealkylation sites (N-methyl/N-ethyl adjacent to an activating group) is 1. The van der Waals surface area contributed by atoms with Gasteiger partial charge in [-0.15, -0.1) is 0 Å². The van der Waals surface area contributed by atoms with Crippen LogP contribution in [0.5, 0.6) is 0 Å². The molecule has 0 spiro atoms. The number of hydrogen-bond acceptors (Lipinski definition) is 4. The predicted molar refractivity (Wildman–Crippen MR) is 172 cm³/mol. The monoisotopic (exact) mass is 632 g/mol. The van der Waals surface area contributed by atoms with Crippen molar-refractivity contribution in [3.63, 3.8) is 0 Å². The number of aromatic nitrogens is 1. The van der Waals surface area contributed by atoms with Crippen LogP contribution < -0.4 is 5.56 Å². The molecule has 0 bridgehead atoms. The van der Waals surface area contributed by atoms with Crippen LogP contribution in [0.25, 0.3) is 11.1 Å². The van der Waals surface area contributed by atoms with Crippen LogP contribution in [0.3, 0.4) is 0 Å². The molecule has 0 fully saturated rings. The molecule has 2 aromatic carbocycles. The molecule has 6 nitrogen and oxygen atoms in total. The number of rotatable bonds is 13. The summed E-state index contributed by atoms with van der Waals surface area (Å²) in [7, 11) is 3.74. The molecule has 1 N–H and O–H groups in total. The van der Waals surface area contributed by atoms with E-state index in [1.54, 1.807) is 26.8 Å². The Morgan fingerprint density at radius 3 is 2.09 bits per heavy atom. The van der Waals surface area contributed by atoms with Crippen molar-refractivity contribution in [3.05, 3.63) is 92.2 Å². The van der Waals surface area contributed by atoms with E-state index in [1.165, 1.54) is 30.5 Å². The highest BCUT2D eigenvalue weighted by molar-refractivity contribution is 7.59. The fraction of sp³-hybridized carbons (Fsp3) is 0.441. The minimum Gasteiger partial charge on any atom is -0.481 e. The van der Waals surface area contributed by atoms with Gasteiger partial charge in [0, 0.05) is 25.1 Å². The predicted octanol–water partition coefficient (Wildman–Crippen LogP) is 6.88. The molecular weight excluding hydrogens is 589 g/mol. The second-order valence-electron chi connectivity index (χ2n) is 12.2. The zero-order valence-corrected chi connectivity index (χ0v) is 27.4. The molecule has 1 heterocycles. The average molecular weight is 633 g/mol. The Labute approximate surface area is 264 Å². The van der Waals surface area contributed by atoms with E-state index in [-0.39, 0.29) is 43.4 Å². The highest BCUT2D eigenvalue weighted by Crippen LogP contribution is 2.36. The van der Waals surface area contributed by atoms with Crippen LogP contribution in [0.2, 0.25) is 0 Å². The molecule has 240 valence electrons. The maximum Gasteiger partial charge on any atom is 0.303 e. The molecule has 3 rings (SSSR count). The largest absolute Gasteiger partial charge is 0.481 e. The van der Waals surface area contributed by atoms with E-state index in [4.69, 9.17) is 0 Å². The molecule has 0 saturated carbocycles. The molecule has 0 aliphatic carbocycles. The van der Waals surface area contributed by atoms with E-state index in [1.807, 2.05) is 32.8 Å². The second kappa shape index (κ2) is 15.6. The van der Waals surface area contributed by atoms with Crippen LogP contribution in [-0.4, -0.2) is 47.0 Å². The summed E-state index contributed by atoms with van der Waals surface area (Å²) in [6.45, 7) is 9.37. The van der Waals surface area contributed by atoms with Crippen LogP contribution in [0.1, 0.15) is 72.9 Å². The Morgan fingerprint density at radius 2 is 1.55 bits per heavy atom. The lowest BCUT2D eigenvalue weighted by atomic mass is 9.84. The molecule has 2 atom stereocenters. The van der Waals surface area contributed by atoms with Gasteiger partial charge in [0.2, 0.25) is 0 Å². The fourth-order valence-corrected chi connectivity index (χ4v) is 5.68. The lowest BCUT2D eigenvalue weighted by molar-refractivity contribution is -0.137. The third-order valence-corrected chi connectivity index (χ3v) is 7.68. The first-order valence-corrected chi connectivity index (χ1v) is 14.5. The molecule has 1 aromatic heterocycles. The van der Waals surface area contributed by atoms with Gasteiger partial charge in [0.1, 0.15) is 11.6 Å². The summed E-state index contributed by atoms with van der Waals surface area (Å²) in [4.78, 5) is 40.8. The number of carboxylic acid groups (broad SMARTS) is 1. The highest BCUT2D eigenvalue weighted by Gasteiger charge is 2.30. The van der Waals surface area contributed by atoms with E-state index < -0.39 is 53.1 Å². The first-order chi connectivity index (χ1) is 20.1. The second-order valence-corrected chi connectivity index (χ2v) is 12.2. The van der Waals surface area contributed by atoms with Gasteiger partial charge in [-0.2, -0.15) is 13.5 Å². The van der Waals surface area contributed by atoms with Crippen molar-refractivity contribution in [3.8, 4) is 11.1 Å². The van der Waals surface area contributed by atoms with Crippen molar-refractivity contribution < 1.29 is 27.9 Å². The summed E-state index contributed by atoms with van der Waals surface area (Å²) in [5, 5.41) is 9.76. The standard InChI is InChI=1S/C34H41F3N2O4.H2S/c1-19(2)10-29(39-18-23(8-9-38(6)7)14-28(36)34(39)43)30(40)16-24(17-31(41)42)27-15-25(11-22(5)33(27)37)32-20(3)12-26(35)13-21(32)4;/h11-15,18-19,24,29H,8-10,16-17H2,1-7H3,(H,41,42);1H2/t24-,29?;/m0./s1. The lowest BCUT2D eigenvalue weighted by Crippen LogP contribution is -2.33. The number of nitrogens with zero attached hydrogens (tertiary/aromatic N) is 2. The van der Waals surface area contributed by atoms with Crippen LogP contribution in [0, 0.1) is 44.1 Å². The summed E-state index contributed by atoms with van der Waals surface area (Å²) in [5.41, 5.74) is 2.46. The van der Waals surface area contributed by atoms with Gasteiger partial charge in [0.05, 0.1) is 12.5 Å². The number of Topliss-reactive ketones (excluding diaryl/α,β-unsaturated/α-hetero) is 1. The van der Waals surface area contributed by atoms with Gasteiger partial charge in [-0.25, -0.2) is 13.2 Å². The third-order valence-electron chi connectivity index (χ3n) is 7.68. The zero-order chi connectivity index (χ0) is 32.2. The number of halogens is 3. The molecule has 0 aliphatic rings. The normalized spacial score (nSPS) is 12.7. The van der Waals surface area contributed by atoms with Crippen LogP contribution in [0.4, 0.5) is 13.2 Å². The minimum atomic E-state index is -1.22. The number of hydrogen-bond donors (Lipinski definition) is 1. The molecule has 0 amide bonds. The number of pyridine rings is 1. The van der Waals surface area contributed by atoms with E-state index in [2.05, 4.69) is 0 Å². The van der Waals surface area contributed by atoms with Crippen molar-refractivity contribution in [1.29, 1.82) is 0 Å². The molecule has 3 aromatic rings. The number of carbonyl (C=O) groups is 2. The van der Waals surface area contributed by atoms with Crippen molar-refractivity contribution >= 4 is 25.2 Å². The summed E-state index contributed by atoms with van der Waals surface area (Å²) < 4.78 is 45.6. The number of carboxylic acids is 1. The number of ketones is 1. The van der Waals surface area contributed by atoms with E-state index in [0.29, 0.717) is 40.8 Å². The molecule has 10 heteroatoms. The third kappa shape index (κ3) is 9.08. The summed E-state index contributed by atoms with van der Waals surface area (Å²) >= 11 is 0. The number of aryl methyl sites for hydroxylation is 3. The average Bonchev–Trinajstić information content (AvgIpc) is 2.88. The zero-order valence-electron chi connectivity index (χ0n) is 26.4. The van der Waals surface area contributed by atoms with Crippen molar-refractivity contribution in [2.24, 2.45) is 5.92 Å². The smallest absolute Gasteiger partial charge is 0.303 e. The molecule has 0 saturated heterocycles. The summed E-state index contributed by atoms with van der Waals surface area (Å²) in [6, 6.07) is 6.01. The van der Waals surface area contributed by atoms with Gasteiger partial charge in [0.25, 0.3) is 5.56 Å². The first-order valence-electron chi connectivity index (χ1n) is 14.5. The highest BCUT2D eigenvalue weighted by atomic mass is 32.1. The maximum atomic E-state index is 15.7. The Balaban J connectivity index is 0.00000675. The Bertz CT molecular complexity index is 1550. The van der Waals surface area contributed by atoms with Crippen molar-refractivity contribution in [2.75, 3.05) is 20.6 Å². The first kappa shape index (κ1) is 36.8. The van der Waals surface area contributed by atoms with Crippen molar-refractivity contribution in [1.82, 2.24) is 9.47 Å². The summed E-state index contributed by atoms with van der Waals surface area (Å²) in [5.74, 6) is -4.82. The van der Waals surface area contributed by atoms with Gasteiger partial charge in [0.15, 0.2) is 11.6 Å². The number of aliphatic carboxylic acids is 1. The Hall–Kier alpha value is -3.37.